The highest BCUT2D eigenvalue weighted by molar-refractivity contribution is 7.17. The van der Waals surface area contributed by atoms with Crippen LogP contribution in [0.3, 0.4) is 0 Å². The molecule has 0 aliphatic carbocycles. The molecule has 2 atom stereocenters. The number of alkyl halides is 5. The number of likely N-dealkylation sites (tertiary alicyclic amines) is 1. The molecule has 3 aromatic rings. The van der Waals surface area contributed by atoms with Crippen molar-refractivity contribution in [1.29, 1.82) is 0 Å². The number of fused-ring (bicyclic) bond motifs is 1. The standard InChI is InChI=1S/C20H14ClF5N2O2S/c21-13-2-1-10(5-12(13)20(24,25)26)11-9-31-16-3-4-27(19(30)18(11)16)8-17(29)28-6-14(22)15(23)7-28/h1-5,9,14-15H,6-8H2/t14-,15+. The quantitative estimate of drug-likeness (QED) is 0.504. The average molecular weight is 477 g/mol. The molecule has 164 valence electrons. The molecule has 1 fully saturated rings. The Bertz CT molecular complexity index is 1210. The highest BCUT2D eigenvalue weighted by Gasteiger charge is 2.36. The van der Waals surface area contributed by atoms with Crippen molar-refractivity contribution >= 4 is 38.9 Å². The van der Waals surface area contributed by atoms with E-state index in [4.69, 9.17) is 11.6 Å². The van der Waals surface area contributed by atoms with Gasteiger partial charge in [-0.2, -0.15) is 13.2 Å². The zero-order valence-electron chi connectivity index (χ0n) is 15.6. The van der Waals surface area contributed by atoms with Gasteiger partial charge in [-0.15, -0.1) is 11.3 Å². The molecule has 4 nitrogen and oxygen atoms in total. The molecule has 1 saturated heterocycles. The Labute approximate surface area is 181 Å². The summed E-state index contributed by atoms with van der Waals surface area (Å²) in [6.45, 7) is -1.20. The molecule has 1 aliphatic rings. The van der Waals surface area contributed by atoms with Crippen molar-refractivity contribution in [2.75, 3.05) is 13.1 Å². The Morgan fingerprint density at radius 1 is 1.16 bits per heavy atom. The van der Waals surface area contributed by atoms with E-state index in [0.29, 0.717) is 4.70 Å². The SMILES string of the molecule is O=C(Cn1ccc2scc(-c3ccc(Cl)c(C(F)(F)F)c3)c2c1=O)N1C[C@@H](F)[C@@H](F)C1. The lowest BCUT2D eigenvalue weighted by Crippen LogP contribution is -2.35. The fraction of sp³-hybridized carbons (Fsp3) is 0.300. The largest absolute Gasteiger partial charge is 0.417 e. The summed E-state index contributed by atoms with van der Waals surface area (Å²) in [6, 6.07) is 4.94. The first-order valence-electron chi connectivity index (χ1n) is 9.10. The summed E-state index contributed by atoms with van der Waals surface area (Å²) < 4.78 is 68.0. The maximum atomic E-state index is 13.4. The second-order valence-electron chi connectivity index (χ2n) is 7.16. The number of aromatic nitrogens is 1. The van der Waals surface area contributed by atoms with Crippen LogP contribution < -0.4 is 5.56 Å². The smallest absolute Gasteiger partial charge is 0.335 e. The van der Waals surface area contributed by atoms with E-state index in [9.17, 15) is 31.5 Å². The van der Waals surface area contributed by atoms with Crippen LogP contribution in [-0.4, -0.2) is 40.8 Å². The molecule has 1 amide bonds. The van der Waals surface area contributed by atoms with Crippen molar-refractivity contribution in [2.24, 2.45) is 0 Å². The van der Waals surface area contributed by atoms with Gasteiger partial charge < -0.3 is 9.47 Å². The molecule has 0 radical (unpaired) electrons. The minimum absolute atomic E-state index is 0.156. The molecule has 0 saturated carbocycles. The number of rotatable bonds is 3. The van der Waals surface area contributed by atoms with Crippen molar-refractivity contribution in [3.8, 4) is 11.1 Å². The number of halogens is 6. The number of nitrogens with zero attached hydrogens (tertiary/aromatic N) is 2. The first-order chi connectivity index (χ1) is 14.6. The van der Waals surface area contributed by atoms with E-state index < -0.39 is 47.1 Å². The van der Waals surface area contributed by atoms with Gasteiger partial charge in [0.1, 0.15) is 6.54 Å². The van der Waals surface area contributed by atoms with E-state index in [2.05, 4.69) is 0 Å². The van der Waals surface area contributed by atoms with Crippen molar-refractivity contribution < 1.29 is 26.7 Å². The molecule has 3 heterocycles. The summed E-state index contributed by atoms with van der Waals surface area (Å²) in [5.41, 5.74) is -1.17. The highest BCUT2D eigenvalue weighted by atomic mass is 35.5. The molecule has 0 unspecified atom stereocenters. The topological polar surface area (TPSA) is 42.3 Å². The maximum absolute atomic E-state index is 13.4. The van der Waals surface area contributed by atoms with Gasteiger partial charge in [-0.3, -0.25) is 9.59 Å². The fourth-order valence-corrected chi connectivity index (χ4v) is 4.68. The van der Waals surface area contributed by atoms with Crippen LogP contribution in [-0.2, 0) is 17.5 Å². The van der Waals surface area contributed by atoms with Gasteiger partial charge in [0.15, 0.2) is 12.3 Å². The zero-order valence-corrected chi connectivity index (χ0v) is 17.2. The van der Waals surface area contributed by atoms with E-state index in [1.807, 2.05) is 0 Å². The Hall–Kier alpha value is -2.46. The van der Waals surface area contributed by atoms with Crippen LogP contribution in [0, 0.1) is 0 Å². The molecular weight excluding hydrogens is 463 g/mol. The van der Waals surface area contributed by atoms with Gasteiger partial charge in [0.2, 0.25) is 5.91 Å². The Kier molecular flexibility index (Phi) is 5.55. The molecule has 0 N–H and O–H groups in total. The number of hydrogen-bond donors (Lipinski definition) is 0. The van der Waals surface area contributed by atoms with Gasteiger partial charge in [-0.25, -0.2) is 8.78 Å². The van der Waals surface area contributed by atoms with Gasteiger partial charge in [0.25, 0.3) is 5.56 Å². The van der Waals surface area contributed by atoms with Crippen LogP contribution in [0.15, 0.2) is 40.6 Å². The van der Waals surface area contributed by atoms with Crippen LogP contribution in [0.25, 0.3) is 21.2 Å². The van der Waals surface area contributed by atoms with E-state index >= 15 is 0 Å². The van der Waals surface area contributed by atoms with E-state index in [1.54, 1.807) is 11.4 Å². The highest BCUT2D eigenvalue weighted by Crippen LogP contribution is 2.39. The summed E-state index contributed by atoms with van der Waals surface area (Å²) in [5, 5.41) is 1.26. The number of carbonyl (C=O) groups excluding carboxylic acids is 1. The van der Waals surface area contributed by atoms with Crippen LogP contribution in [0.5, 0.6) is 0 Å². The van der Waals surface area contributed by atoms with Gasteiger partial charge >= 0.3 is 6.18 Å². The van der Waals surface area contributed by atoms with Gasteiger partial charge in [-0.1, -0.05) is 17.7 Å². The summed E-state index contributed by atoms with van der Waals surface area (Å²) in [4.78, 5) is 26.4. The molecule has 4 rings (SSSR count). The number of pyridine rings is 1. The van der Waals surface area contributed by atoms with Crippen molar-refractivity contribution in [1.82, 2.24) is 9.47 Å². The lowest BCUT2D eigenvalue weighted by molar-refractivity contribution is -0.137. The molecule has 31 heavy (non-hydrogen) atoms. The second-order valence-corrected chi connectivity index (χ2v) is 8.48. The number of carbonyl (C=O) groups is 1. The number of benzene rings is 1. The third-order valence-corrected chi connectivity index (χ3v) is 6.40. The zero-order chi connectivity index (χ0) is 22.5. The number of thiophene rings is 1. The first kappa shape index (κ1) is 21.8. The molecule has 1 aromatic carbocycles. The summed E-state index contributed by atoms with van der Waals surface area (Å²) in [5.74, 6) is -0.619. The fourth-order valence-electron chi connectivity index (χ4n) is 3.51. The van der Waals surface area contributed by atoms with Crippen LogP contribution >= 0.6 is 22.9 Å². The van der Waals surface area contributed by atoms with Crippen LogP contribution in [0.1, 0.15) is 5.56 Å². The summed E-state index contributed by atoms with van der Waals surface area (Å²) in [7, 11) is 0. The first-order valence-corrected chi connectivity index (χ1v) is 10.4. The van der Waals surface area contributed by atoms with Crippen LogP contribution in [0.2, 0.25) is 5.02 Å². The van der Waals surface area contributed by atoms with Gasteiger partial charge in [0.05, 0.1) is 29.1 Å². The van der Waals surface area contributed by atoms with E-state index in [1.165, 1.54) is 23.6 Å². The molecule has 2 aromatic heterocycles. The number of hydrogen-bond acceptors (Lipinski definition) is 3. The Morgan fingerprint density at radius 3 is 2.48 bits per heavy atom. The van der Waals surface area contributed by atoms with Crippen molar-refractivity contribution in [3.63, 3.8) is 0 Å². The second kappa shape index (κ2) is 7.90. The minimum atomic E-state index is -4.66. The monoisotopic (exact) mass is 476 g/mol. The normalized spacial score (nSPS) is 19.4. The van der Waals surface area contributed by atoms with E-state index in [0.717, 1.165) is 21.6 Å². The third-order valence-electron chi connectivity index (χ3n) is 5.12. The average Bonchev–Trinajstić information content (AvgIpc) is 3.27. The van der Waals surface area contributed by atoms with Crippen molar-refractivity contribution in [2.45, 2.75) is 25.1 Å². The third kappa shape index (κ3) is 4.06. The molecule has 0 bridgehead atoms. The lowest BCUT2D eigenvalue weighted by Gasteiger charge is -2.16. The molecule has 1 aliphatic heterocycles. The number of amides is 1. The molecular formula is C20H14ClF5N2O2S. The van der Waals surface area contributed by atoms with Gasteiger partial charge in [-0.05, 0) is 23.8 Å². The van der Waals surface area contributed by atoms with Crippen molar-refractivity contribution in [3.05, 3.63) is 56.8 Å². The predicted molar refractivity (Wildman–Crippen MR) is 108 cm³/mol. The van der Waals surface area contributed by atoms with Crippen LogP contribution in [0.4, 0.5) is 22.0 Å². The Balaban J connectivity index is 1.72. The summed E-state index contributed by atoms with van der Waals surface area (Å²) in [6.07, 6.45) is -6.82. The lowest BCUT2D eigenvalue weighted by atomic mass is 10.0. The molecule has 11 heteroatoms. The molecule has 0 spiro atoms. The van der Waals surface area contributed by atoms with Gasteiger partial charge in [0, 0.05) is 21.8 Å². The van der Waals surface area contributed by atoms with E-state index in [-0.39, 0.29) is 29.6 Å². The summed E-state index contributed by atoms with van der Waals surface area (Å²) >= 11 is 6.85. The maximum Gasteiger partial charge on any atom is 0.417 e. The minimum Gasteiger partial charge on any atom is -0.335 e. The predicted octanol–water partition coefficient (Wildman–Crippen LogP) is 4.92. The Morgan fingerprint density at radius 2 is 1.84 bits per heavy atom.